The quantitative estimate of drug-likeness (QED) is 0.426. The number of halogens is 2. The summed E-state index contributed by atoms with van der Waals surface area (Å²) in [4.78, 5) is 21.1. The van der Waals surface area contributed by atoms with Crippen LogP contribution in [0.1, 0.15) is 54.6 Å². The van der Waals surface area contributed by atoms with E-state index in [1.54, 1.807) is 12.3 Å². The summed E-state index contributed by atoms with van der Waals surface area (Å²) in [7, 11) is 1.44. The van der Waals surface area contributed by atoms with Crippen molar-refractivity contribution in [2.75, 3.05) is 13.7 Å². The number of carbonyl (C=O) groups is 1. The summed E-state index contributed by atoms with van der Waals surface area (Å²) in [5.74, 6) is 0.492. The first-order valence-electron chi connectivity index (χ1n) is 12.0. The summed E-state index contributed by atoms with van der Waals surface area (Å²) in [6.45, 7) is 2.42. The third-order valence-corrected chi connectivity index (χ3v) is 6.93. The van der Waals surface area contributed by atoms with Gasteiger partial charge in [-0.05, 0) is 63.5 Å². The zero-order chi connectivity index (χ0) is 23.8. The van der Waals surface area contributed by atoms with Gasteiger partial charge in [0.15, 0.2) is 11.6 Å². The van der Waals surface area contributed by atoms with E-state index in [0.717, 1.165) is 49.8 Å². The van der Waals surface area contributed by atoms with Crippen molar-refractivity contribution in [3.05, 3.63) is 41.5 Å². The smallest absolute Gasteiger partial charge is 0.255 e. The summed E-state index contributed by atoms with van der Waals surface area (Å²) in [5, 5.41) is 3.16. The van der Waals surface area contributed by atoms with E-state index in [2.05, 4.69) is 15.3 Å². The molecule has 3 aromatic rings. The molecule has 2 aromatic heterocycles. The highest BCUT2D eigenvalue weighted by Gasteiger charge is 2.26. The van der Waals surface area contributed by atoms with E-state index in [1.165, 1.54) is 13.2 Å². The Morgan fingerprint density at radius 1 is 1.17 bits per heavy atom. The maximum atomic E-state index is 14.5. The fraction of sp³-hybridized carbons (Fsp3) is 0.462. The monoisotopic (exact) mass is 502 g/mol. The standard InChI is InChI=1S/C26H31FN4O3.ClH/c1-14-23(26(32)31-17-7-5-16(28)6-8-17)25-24(30-14)18(9-10-29-25)19-11-22(33-2)20(27)12-21(19)34-13-15-3-4-15;/h9-12,15-17,30H,3-8,13,28H2,1-2H3,(H,31,32);1H/t16-,17-;. The van der Waals surface area contributed by atoms with Gasteiger partial charge in [0.2, 0.25) is 0 Å². The fourth-order valence-corrected chi connectivity index (χ4v) is 4.74. The molecule has 2 aliphatic rings. The van der Waals surface area contributed by atoms with Gasteiger partial charge in [0.05, 0.1) is 24.8 Å². The average Bonchev–Trinajstić information content (AvgIpc) is 3.59. The van der Waals surface area contributed by atoms with E-state index in [4.69, 9.17) is 15.2 Å². The van der Waals surface area contributed by atoms with Crippen LogP contribution in [-0.4, -0.2) is 41.7 Å². The average molecular weight is 503 g/mol. The van der Waals surface area contributed by atoms with E-state index in [1.807, 2.05) is 13.0 Å². The number of fused-ring (bicyclic) bond motifs is 1. The van der Waals surface area contributed by atoms with Crippen LogP contribution in [0, 0.1) is 18.7 Å². The highest BCUT2D eigenvalue weighted by Crippen LogP contribution is 2.40. The lowest BCUT2D eigenvalue weighted by Crippen LogP contribution is -2.40. The molecule has 0 radical (unpaired) electrons. The molecule has 0 saturated heterocycles. The van der Waals surface area contributed by atoms with Gasteiger partial charge in [-0.2, -0.15) is 0 Å². The van der Waals surface area contributed by atoms with Gasteiger partial charge >= 0.3 is 0 Å². The van der Waals surface area contributed by atoms with Crippen molar-refractivity contribution in [2.24, 2.45) is 11.7 Å². The third-order valence-electron chi connectivity index (χ3n) is 6.93. The molecule has 1 aromatic carbocycles. The van der Waals surface area contributed by atoms with Crippen LogP contribution in [0.2, 0.25) is 0 Å². The molecule has 0 atom stereocenters. The van der Waals surface area contributed by atoms with E-state index in [9.17, 15) is 9.18 Å². The number of benzene rings is 1. The second-order valence-electron chi connectivity index (χ2n) is 9.53. The van der Waals surface area contributed by atoms with E-state index in [-0.39, 0.29) is 36.1 Å². The molecule has 9 heteroatoms. The van der Waals surface area contributed by atoms with Gasteiger partial charge in [0.25, 0.3) is 5.91 Å². The molecule has 0 aliphatic heterocycles. The van der Waals surface area contributed by atoms with Gasteiger partial charge in [-0.3, -0.25) is 9.78 Å². The topological polar surface area (TPSA) is 102 Å². The molecular formula is C26H32ClFN4O3. The van der Waals surface area contributed by atoms with Crippen LogP contribution in [0.3, 0.4) is 0 Å². The summed E-state index contributed by atoms with van der Waals surface area (Å²) in [6.07, 6.45) is 7.52. The first-order valence-corrected chi connectivity index (χ1v) is 12.0. The van der Waals surface area contributed by atoms with Crippen LogP contribution in [0.5, 0.6) is 11.5 Å². The lowest BCUT2D eigenvalue weighted by Gasteiger charge is -2.26. The molecular weight excluding hydrogens is 471 g/mol. The minimum absolute atomic E-state index is 0. The molecule has 5 rings (SSSR count). The number of nitrogens with zero attached hydrogens (tertiary/aromatic N) is 1. The number of H-pyrrole nitrogens is 1. The number of aromatic nitrogens is 2. The Balaban J connectivity index is 0.00000289. The van der Waals surface area contributed by atoms with E-state index in [0.29, 0.717) is 40.4 Å². The zero-order valence-electron chi connectivity index (χ0n) is 20.0. The van der Waals surface area contributed by atoms with E-state index >= 15 is 0 Å². The number of aryl methyl sites for hydroxylation is 1. The number of ether oxygens (including phenoxy) is 2. The number of amides is 1. The molecule has 2 heterocycles. The van der Waals surface area contributed by atoms with Gasteiger partial charge in [-0.15, -0.1) is 12.4 Å². The number of hydrogen-bond donors (Lipinski definition) is 3. The highest BCUT2D eigenvalue weighted by atomic mass is 35.5. The summed E-state index contributed by atoms with van der Waals surface area (Å²) in [6, 6.07) is 5.20. The van der Waals surface area contributed by atoms with Crippen molar-refractivity contribution in [3.63, 3.8) is 0 Å². The van der Waals surface area contributed by atoms with Crippen molar-refractivity contribution in [1.82, 2.24) is 15.3 Å². The minimum Gasteiger partial charge on any atom is -0.494 e. The Bertz CT molecular complexity index is 1220. The minimum atomic E-state index is -0.475. The first kappa shape index (κ1) is 25.3. The Morgan fingerprint density at radius 3 is 2.60 bits per heavy atom. The number of methoxy groups -OCH3 is 1. The second kappa shape index (κ2) is 10.4. The van der Waals surface area contributed by atoms with Gasteiger partial charge < -0.3 is 25.5 Å². The van der Waals surface area contributed by atoms with Gasteiger partial charge in [0, 0.05) is 41.2 Å². The predicted molar refractivity (Wildman–Crippen MR) is 136 cm³/mol. The normalized spacial score (nSPS) is 19.8. The van der Waals surface area contributed by atoms with Gasteiger partial charge in [-0.25, -0.2) is 4.39 Å². The highest BCUT2D eigenvalue weighted by molar-refractivity contribution is 6.09. The SMILES string of the molecule is COc1cc(-c2ccnc3c(C(=O)N[C@H]4CC[C@H](N)CC4)c(C)[nH]c23)c(OCC2CC2)cc1F.Cl. The summed E-state index contributed by atoms with van der Waals surface area (Å²) >= 11 is 0. The molecule has 2 fully saturated rings. The number of pyridine rings is 1. The number of nitrogens with two attached hydrogens (primary N) is 1. The zero-order valence-corrected chi connectivity index (χ0v) is 20.8. The van der Waals surface area contributed by atoms with Crippen molar-refractivity contribution in [2.45, 2.75) is 57.5 Å². The van der Waals surface area contributed by atoms with Crippen molar-refractivity contribution < 1.29 is 18.7 Å². The van der Waals surface area contributed by atoms with Crippen molar-refractivity contribution >= 4 is 29.3 Å². The molecule has 4 N–H and O–H groups in total. The molecule has 35 heavy (non-hydrogen) atoms. The lowest BCUT2D eigenvalue weighted by molar-refractivity contribution is 0.0927. The van der Waals surface area contributed by atoms with Gasteiger partial charge in [-0.1, -0.05) is 0 Å². The number of hydrogen-bond acceptors (Lipinski definition) is 5. The number of nitrogens with one attached hydrogen (secondary N) is 2. The molecule has 2 saturated carbocycles. The Morgan fingerprint density at radius 2 is 1.91 bits per heavy atom. The largest absolute Gasteiger partial charge is 0.494 e. The Labute approximate surface area is 210 Å². The van der Waals surface area contributed by atoms with Crippen LogP contribution in [0.25, 0.3) is 22.2 Å². The molecule has 0 bridgehead atoms. The van der Waals surface area contributed by atoms with Crippen LogP contribution in [-0.2, 0) is 0 Å². The summed E-state index contributed by atoms with van der Waals surface area (Å²) in [5.41, 5.74) is 10.0. The Hall–Kier alpha value is -2.84. The molecule has 2 aliphatic carbocycles. The van der Waals surface area contributed by atoms with Crippen molar-refractivity contribution in [3.8, 4) is 22.6 Å². The van der Waals surface area contributed by atoms with E-state index < -0.39 is 5.82 Å². The van der Waals surface area contributed by atoms with Crippen LogP contribution in [0.4, 0.5) is 4.39 Å². The number of rotatable bonds is 7. The lowest BCUT2D eigenvalue weighted by atomic mass is 9.91. The number of carbonyl (C=O) groups excluding carboxylic acids is 1. The molecule has 1 amide bonds. The van der Waals surface area contributed by atoms with Crippen LogP contribution >= 0.6 is 12.4 Å². The summed E-state index contributed by atoms with van der Waals surface area (Å²) < 4.78 is 25.8. The first-order chi connectivity index (χ1) is 16.4. The molecule has 0 spiro atoms. The second-order valence-corrected chi connectivity index (χ2v) is 9.53. The van der Waals surface area contributed by atoms with Crippen LogP contribution in [0.15, 0.2) is 24.4 Å². The van der Waals surface area contributed by atoms with Gasteiger partial charge in [0.1, 0.15) is 11.3 Å². The van der Waals surface area contributed by atoms with Crippen molar-refractivity contribution in [1.29, 1.82) is 0 Å². The fourth-order valence-electron chi connectivity index (χ4n) is 4.74. The molecule has 188 valence electrons. The molecule has 0 unspecified atom stereocenters. The van der Waals surface area contributed by atoms with Crippen LogP contribution < -0.4 is 20.5 Å². The Kier molecular flexibility index (Phi) is 7.52. The number of aromatic amines is 1. The molecule has 7 nitrogen and oxygen atoms in total. The maximum Gasteiger partial charge on any atom is 0.255 e. The third kappa shape index (κ3) is 5.23. The maximum absolute atomic E-state index is 14.5. The predicted octanol–water partition coefficient (Wildman–Crippen LogP) is 4.90.